The highest BCUT2D eigenvalue weighted by atomic mass is 16.4. The first-order valence-corrected chi connectivity index (χ1v) is 8.12. The summed E-state index contributed by atoms with van der Waals surface area (Å²) in [7, 11) is 2.10. The maximum absolute atomic E-state index is 11.7. The monoisotopic (exact) mass is 319 g/mol. The SMILES string of the molecule is CCCC(=O)Nc1ccc(N2CCCN(C)CC2)cc1C(=O)O. The molecule has 23 heavy (non-hydrogen) atoms. The Balaban J connectivity index is 2.21. The van der Waals surface area contributed by atoms with E-state index < -0.39 is 5.97 Å². The minimum atomic E-state index is -1.02. The number of carbonyl (C=O) groups excluding carboxylic acids is 1. The third kappa shape index (κ3) is 4.69. The van der Waals surface area contributed by atoms with Crippen LogP contribution < -0.4 is 10.2 Å². The van der Waals surface area contributed by atoms with Gasteiger partial charge in [-0.25, -0.2) is 4.79 Å². The molecule has 0 bridgehead atoms. The van der Waals surface area contributed by atoms with Gasteiger partial charge in [0, 0.05) is 31.7 Å². The Kier molecular flexibility index (Phi) is 5.98. The highest BCUT2D eigenvalue weighted by Gasteiger charge is 2.17. The van der Waals surface area contributed by atoms with Crippen molar-refractivity contribution in [2.24, 2.45) is 0 Å². The van der Waals surface area contributed by atoms with E-state index in [9.17, 15) is 14.7 Å². The molecule has 126 valence electrons. The van der Waals surface area contributed by atoms with E-state index in [1.165, 1.54) is 0 Å². The van der Waals surface area contributed by atoms with Crippen LogP contribution in [0.2, 0.25) is 0 Å². The van der Waals surface area contributed by atoms with Gasteiger partial charge in [-0.2, -0.15) is 0 Å². The van der Waals surface area contributed by atoms with E-state index in [4.69, 9.17) is 0 Å². The molecule has 0 saturated carbocycles. The standard InChI is InChI=1S/C17H25N3O3/c1-3-5-16(21)18-15-7-6-13(12-14(15)17(22)23)20-9-4-8-19(2)10-11-20/h6-7,12H,3-5,8-11H2,1-2H3,(H,18,21)(H,22,23). The molecule has 1 fully saturated rings. The van der Waals surface area contributed by atoms with E-state index in [1.807, 2.05) is 13.0 Å². The molecule has 0 aliphatic carbocycles. The maximum Gasteiger partial charge on any atom is 0.337 e. The zero-order valence-corrected chi connectivity index (χ0v) is 13.8. The van der Waals surface area contributed by atoms with Gasteiger partial charge in [0.1, 0.15) is 0 Å². The molecule has 1 amide bonds. The molecular weight excluding hydrogens is 294 g/mol. The molecule has 0 atom stereocenters. The number of nitrogens with one attached hydrogen (secondary N) is 1. The molecule has 1 aromatic carbocycles. The number of benzene rings is 1. The smallest absolute Gasteiger partial charge is 0.337 e. The van der Waals surface area contributed by atoms with Gasteiger partial charge in [-0.1, -0.05) is 6.92 Å². The first-order valence-electron chi connectivity index (χ1n) is 8.12. The quantitative estimate of drug-likeness (QED) is 0.871. The third-order valence-corrected chi connectivity index (χ3v) is 4.07. The zero-order valence-electron chi connectivity index (χ0n) is 13.8. The number of carbonyl (C=O) groups is 2. The predicted molar refractivity (Wildman–Crippen MR) is 91.3 cm³/mol. The molecule has 1 aromatic rings. The lowest BCUT2D eigenvalue weighted by Crippen LogP contribution is -2.29. The van der Waals surface area contributed by atoms with E-state index in [1.54, 1.807) is 12.1 Å². The molecule has 0 aromatic heterocycles. The fraction of sp³-hybridized carbons (Fsp3) is 0.529. The Bertz CT molecular complexity index is 574. The number of amides is 1. The van der Waals surface area contributed by atoms with Crippen molar-refractivity contribution in [2.45, 2.75) is 26.2 Å². The van der Waals surface area contributed by atoms with Gasteiger partial charge in [0.25, 0.3) is 0 Å². The summed E-state index contributed by atoms with van der Waals surface area (Å²) >= 11 is 0. The Morgan fingerprint density at radius 3 is 2.70 bits per heavy atom. The lowest BCUT2D eigenvalue weighted by Gasteiger charge is -2.23. The summed E-state index contributed by atoms with van der Waals surface area (Å²) < 4.78 is 0. The Labute approximate surface area is 137 Å². The van der Waals surface area contributed by atoms with Crippen molar-refractivity contribution >= 4 is 23.3 Å². The van der Waals surface area contributed by atoms with Gasteiger partial charge in [-0.3, -0.25) is 4.79 Å². The van der Waals surface area contributed by atoms with E-state index >= 15 is 0 Å². The molecule has 0 spiro atoms. The molecule has 2 rings (SSSR count). The van der Waals surface area contributed by atoms with Crippen molar-refractivity contribution in [1.82, 2.24) is 4.90 Å². The minimum Gasteiger partial charge on any atom is -0.478 e. The lowest BCUT2D eigenvalue weighted by atomic mass is 10.1. The van der Waals surface area contributed by atoms with Gasteiger partial charge in [-0.15, -0.1) is 0 Å². The van der Waals surface area contributed by atoms with Crippen LogP contribution in [0.15, 0.2) is 18.2 Å². The number of anilines is 2. The molecule has 1 saturated heterocycles. The summed E-state index contributed by atoms with van der Waals surface area (Å²) in [6, 6.07) is 5.25. The van der Waals surface area contributed by atoms with Crippen molar-refractivity contribution in [2.75, 3.05) is 43.4 Å². The molecule has 6 nitrogen and oxygen atoms in total. The van der Waals surface area contributed by atoms with Gasteiger partial charge in [0.15, 0.2) is 0 Å². The van der Waals surface area contributed by atoms with E-state index in [-0.39, 0.29) is 11.5 Å². The van der Waals surface area contributed by atoms with Crippen molar-refractivity contribution in [3.05, 3.63) is 23.8 Å². The number of likely N-dealkylation sites (N-methyl/N-ethyl adjacent to an activating group) is 1. The summed E-state index contributed by atoms with van der Waals surface area (Å²) in [6.07, 6.45) is 2.17. The van der Waals surface area contributed by atoms with Gasteiger partial charge in [-0.05, 0) is 44.6 Å². The van der Waals surface area contributed by atoms with Crippen molar-refractivity contribution < 1.29 is 14.7 Å². The van der Waals surface area contributed by atoms with E-state index in [2.05, 4.69) is 22.2 Å². The summed E-state index contributed by atoms with van der Waals surface area (Å²) in [5.74, 6) is -1.18. The average Bonchev–Trinajstić information content (AvgIpc) is 2.72. The van der Waals surface area contributed by atoms with Crippen molar-refractivity contribution in [3.8, 4) is 0 Å². The van der Waals surface area contributed by atoms with Crippen LogP contribution in [0, 0.1) is 0 Å². The van der Waals surface area contributed by atoms with Crippen LogP contribution in [-0.4, -0.2) is 55.1 Å². The fourth-order valence-electron chi connectivity index (χ4n) is 2.76. The molecule has 6 heteroatoms. The number of nitrogens with zero attached hydrogens (tertiary/aromatic N) is 2. The average molecular weight is 319 g/mol. The first-order chi connectivity index (χ1) is 11.0. The van der Waals surface area contributed by atoms with E-state index in [0.717, 1.165) is 44.7 Å². The second kappa shape index (κ2) is 7.97. The lowest BCUT2D eigenvalue weighted by molar-refractivity contribution is -0.116. The number of carboxylic acids is 1. The maximum atomic E-state index is 11.7. The molecule has 1 aliphatic rings. The molecule has 0 radical (unpaired) electrons. The number of aromatic carboxylic acids is 1. The Hall–Kier alpha value is -2.08. The molecule has 1 aliphatic heterocycles. The summed E-state index contributed by atoms with van der Waals surface area (Å²) in [5, 5.41) is 12.1. The molecule has 2 N–H and O–H groups in total. The van der Waals surface area contributed by atoms with Crippen LogP contribution in [0.1, 0.15) is 36.5 Å². The van der Waals surface area contributed by atoms with Gasteiger partial charge in [0.05, 0.1) is 11.3 Å². The highest BCUT2D eigenvalue weighted by Crippen LogP contribution is 2.24. The van der Waals surface area contributed by atoms with Crippen molar-refractivity contribution in [3.63, 3.8) is 0 Å². The van der Waals surface area contributed by atoms with Crippen LogP contribution in [0.5, 0.6) is 0 Å². The van der Waals surface area contributed by atoms with Crippen molar-refractivity contribution in [1.29, 1.82) is 0 Å². The first kappa shape index (κ1) is 17.3. The Morgan fingerprint density at radius 1 is 1.22 bits per heavy atom. The van der Waals surface area contributed by atoms with Crippen LogP contribution in [0.25, 0.3) is 0 Å². The third-order valence-electron chi connectivity index (χ3n) is 4.07. The minimum absolute atomic E-state index is 0.143. The normalized spacial score (nSPS) is 16.0. The number of hydrogen-bond acceptors (Lipinski definition) is 4. The molecule has 0 unspecified atom stereocenters. The highest BCUT2D eigenvalue weighted by molar-refractivity contribution is 6.01. The van der Waals surface area contributed by atoms with Gasteiger partial charge < -0.3 is 20.2 Å². The topological polar surface area (TPSA) is 72.9 Å². The molecule has 1 heterocycles. The summed E-state index contributed by atoms with van der Waals surface area (Å²) in [5.41, 5.74) is 1.40. The summed E-state index contributed by atoms with van der Waals surface area (Å²) in [4.78, 5) is 27.8. The predicted octanol–water partition coefficient (Wildman–Crippen LogP) is 2.27. The van der Waals surface area contributed by atoms with Crippen LogP contribution in [-0.2, 0) is 4.79 Å². The van der Waals surface area contributed by atoms with Crippen LogP contribution in [0.4, 0.5) is 11.4 Å². The molecular formula is C17H25N3O3. The largest absolute Gasteiger partial charge is 0.478 e. The van der Waals surface area contributed by atoms with Crippen LogP contribution in [0.3, 0.4) is 0 Å². The number of hydrogen-bond donors (Lipinski definition) is 2. The zero-order chi connectivity index (χ0) is 16.8. The van der Waals surface area contributed by atoms with Gasteiger partial charge >= 0.3 is 5.97 Å². The van der Waals surface area contributed by atoms with E-state index in [0.29, 0.717) is 12.1 Å². The second-order valence-electron chi connectivity index (χ2n) is 5.98. The fourth-order valence-corrected chi connectivity index (χ4v) is 2.76. The van der Waals surface area contributed by atoms with Gasteiger partial charge in [0.2, 0.25) is 5.91 Å². The summed E-state index contributed by atoms with van der Waals surface area (Å²) in [6.45, 7) is 5.70. The number of rotatable bonds is 5. The Morgan fingerprint density at radius 2 is 2.00 bits per heavy atom. The second-order valence-corrected chi connectivity index (χ2v) is 5.98. The number of carboxylic acid groups (broad SMARTS) is 1. The van der Waals surface area contributed by atoms with Crippen LogP contribution >= 0.6 is 0 Å².